The molecule has 2 rings (SSSR count). The standard InChI is InChI=1S/C15H19N5O3S/c1-10-2-3-13(21)18-6-7-24-9-12(15(23)19-10)20-14(22)11-8-16-4-5-17-11/h2-5,8,10,12H,6-7,9H2,1H3,(H,18,21)(H,19,23)(H,20,22)/b3-2+/t10-,12-/m0/s1. The van der Waals surface area contributed by atoms with E-state index >= 15 is 0 Å². The van der Waals surface area contributed by atoms with Crippen LogP contribution in [0.15, 0.2) is 30.7 Å². The largest absolute Gasteiger partial charge is 0.352 e. The van der Waals surface area contributed by atoms with Gasteiger partial charge in [0, 0.05) is 42.6 Å². The van der Waals surface area contributed by atoms with Gasteiger partial charge in [-0.3, -0.25) is 19.4 Å². The van der Waals surface area contributed by atoms with Crippen LogP contribution in [0.3, 0.4) is 0 Å². The van der Waals surface area contributed by atoms with Crippen LogP contribution >= 0.6 is 11.8 Å². The lowest BCUT2D eigenvalue weighted by atomic mass is 10.2. The fraction of sp³-hybridized carbons (Fsp3) is 0.400. The summed E-state index contributed by atoms with van der Waals surface area (Å²) in [7, 11) is 0. The highest BCUT2D eigenvalue weighted by atomic mass is 32.2. The van der Waals surface area contributed by atoms with E-state index in [1.165, 1.54) is 36.4 Å². The van der Waals surface area contributed by atoms with E-state index in [9.17, 15) is 14.4 Å². The number of hydrogen-bond donors (Lipinski definition) is 3. The first kappa shape index (κ1) is 17.9. The highest BCUT2D eigenvalue weighted by Gasteiger charge is 2.23. The summed E-state index contributed by atoms with van der Waals surface area (Å²) in [6.07, 6.45) is 7.22. The smallest absolute Gasteiger partial charge is 0.272 e. The van der Waals surface area contributed by atoms with E-state index in [2.05, 4.69) is 25.9 Å². The summed E-state index contributed by atoms with van der Waals surface area (Å²) >= 11 is 1.47. The molecule has 0 fully saturated rings. The molecule has 1 aliphatic heterocycles. The van der Waals surface area contributed by atoms with E-state index in [1.807, 2.05) is 0 Å². The molecule has 0 bridgehead atoms. The molecule has 8 nitrogen and oxygen atoms in total. The predicted molar refractivity (Wildman–Crippen MR) is 90.4 cm³/mol. The molecule has 24 heavy (non-hydrogen) atoms. The minimum absolute atomic E-state index is 0.154. The zero-order chi connectivity index (χ0) is 17.4. The Morgan fingerprint density at radius 1 is 1.38 bits per heavy atom. The molecular formula is C15H19N5O3S. The summed E-state index contributed by atoms with van der Waals surface area (Å²) in [5.74, 6) is 0.0828. The molecule has 2 heterocycles. The molecule has 0 radical (unpaired) electrons. The molecule has 2 atom stereocenters. The van der Waals surface area contributed by atoms with Crippen molar-refractivity contribution in [1.82, 2.24) is 25.9 Å². The number of carbonyl (C=O) groups excluding carboxylic acids is 3. The molecule has 0 saturated heterocycles. The van der Waals surface area contributed by atoms with Crippen LogP contribution in [0.25, 0.3) is 0 Å². The van der Waals surface area contributed by atoms with Gasteiger partial charge in [0.2, 0.25) is 11.8 Å². The summed E-state index contributed by atoms with van der Waals surface area (Å²) in [4.78, 5) is 43.8. The van der Waals surface area contributed by atoms with Gasteiger partial charge < -0.3 is 16.0 Å². The van der Waals surface area contributed by atoms with Crippen LogP contribution in [-0.2, 0) is 9.59 Å². The Kier molecular flexibility index (Phi) is 6.74. The molecule has 0 unspecified atom stereocenters. The summed E-state index contributed by atoms with van der Waals surface area (Å²) in [5, 5.41) is 8.18. The SMILES string of the molecule is C[C@H]1/C=C/C(=O)NCCSC[C@H](NC(=O)c2cnccn2)C(=O)N1. The lowest BCUT2D eigenvalue weighted by Gasteiger charge is -2.20. The molecule has 1 aromatic rings. The molecule has 1 aromatic heterocycles. The number of aromatic nitrogens is 2. The van der Waals surface area contributed by atoms with Crippen molar-refractivity contribution in [2.24, 2.45) is 0 Å². The van der Waals surface area contributed by atoms with Crippen molar-refractivity contribution in [3.05, 3.63) is 36.4 Å². The van der Waals surface area contributed by atoms with Crippen molar-refractivity contribution in [2.45, 2.75) is 19.0 Å². The van der Waals surface area contributed by atoms with Crippen LogP contribution in [0.4, 0.5) is 0 Å². The third kappa shape index (κ3) is 5.65. The highest BCUT2D eigenvalue weighted by molar-refractivity contribution is 7.99. The molecule has 0 aliphatic carbocycles. The Hall–Kier alpha value is -2.42. The Morgan fingerprint density at radius 3 is 2.96 bits per heavy atom. The van der Waals surface area contributed by atoms with Crippen molar-refractivity contribution < 1.29 is 14.4 Å². The lowest BCUT2D eigenvalue weighted by molar-refractivity contribution is -0.123. The summed E-state index contributed by atoms with van der Waals surface area (Å²) in [5.41, 5.74) is 0.154. The van der Waals surface area contributed by atoms with Crippen molar-refractivity contribution >= 4 is 29.5 Å². The minimum atomic E-state index is -0.699. The molecule has 3 amide bonds. The van der Waals surface area contributed by atoms with E-state index in [-0.39, 0.29) is 23.6 Å². The van der Waals surface area contributed by atoms with Gasteiger partial charge in [0.25, 0.3) is 5.91 Å². The van der Waals surface area contributed by atoms with Crippen LogP contribution < -0.4 is 16.0 Å². The summed E-state index contributed by atoms with van der Waals surface area (Å²) in [6.45, 7) is 2.25. The second kappa shape index (κ2) is 9.02. The maximum absolute atomic E-state index is 12.4. The third-order valence-corrected chi connectivity index (χ3v) is 4.22. The number of rotatable bonds is 2. The molecule has 1 aliphatic rings. The van der Waals surface area contributed by atoms with Crippen molar-refractivity contribution in [2.75, 3.05) is 18.1 Å². The molecule has 3 N–H and O–H groups in total. The average Bonchev–Trinajstić information content (AvgIpc) is 2.58. The fourth-order valence-corrected chi connectivity index (χ4v) is 2.83. The first-order valence-electron chi connectivity index (χ1n) is 7.47. The average molecular weight is 349 g/mol. The molecule has 128 valence electrons. The quantitative estimate of drug-likeness (QED) is 0.663. The van der Waals surface area contributed by atoms with Crippen LogP contribution in [0, 0.1) is 0 Å². The van der Waals surface area contributed by atoms with Gasteiger partial charge in [0.15, 0.2) is 0 Å². The topological polar surface area (TPSA) is 113 Å². The van der Waals surface area contributed by atoms with Crippen LogP contribution in [0.2, 0.25) is 0 Å². The van der Waals surface area contributed by atoms with Crippen LogP contribution in [0.1, 0.15) is 17.4 Å². The number of thioether (sulfide) groups is 1. The normalized spacial score (nSPS) is 23.9. The van der Waals surface area contributed by atoms with Gasteiger partial charge in [-0.2, -0.15) is 11.8 Å². The monoisotopic (exact) mass is 349 g/mol. The third-order valence-electron chi connectivity index (χ3n) is 3.15. The molecule has 0 saturated carbocycles. The van der Waals surface area contributed by atoms with Crippen molar-refractivity contribution in [1.29, 1.82) is 0 Å². The molecule has 9 heteroatoms. The summed E-state index contributed by atoms with van der Waals surface area (Å²) in [6, 6.07) is -1.03. The molecule has 0 aromatic carbocycles. The predicted octanol–water partition coefficient (Wildman–Crippen LogP) is -0.501. The number of nitrogens with one attached hydrogen (secondary N) is 3. The van der Waals surface area contributed by atoms with Gasteiger partial charge in [-0.1, -0.05) is 6.08 Å². The minimum Gasteiger partial charge on any atom is -0.352 e. The number of amides is 3. The van der Waals surface area contributed by atoms with Crippen LogP contribution in [0.5, 0.6) is 0 Å². The maximum atomic E-state index is 12.4. The van der Waals surface area contributed by atoms with Crippen LogP contribution in [-0.4, -0.2) is 57.8 Å². The van der Waals surface area contributed by atoms with E-state index < -0.39 is 11.9 Å². The molecule has 0 spiro atoms. The van der Waals surface area contributed by atoms with Gasteiger partial charge in [-0.25, -0.2) is 4.98 Å². The van der Waals surface area contributed by atoms with E-state index in [4.69, 9.17) is 0 Å². The fourth-order valence-electron chi connectivity index (χ4n) is 1.94. The second-order valence-electron chi connectivity index (χ2n) is 5.14. The zero-order valence-corrected chi connectivity index (χ0v) is 14.0. The highest BCUT2D eigenvalue weighted by Crippen LogP contribution is 2.05. The van der Waals surface area contributed by atoms with Gasteiger partial charge in [0.05, 0.1) is 6.20 Å². The number of carbonyl (C=O) groups is 3. The first-order valence-corrected chi connectivity index (χ1v) is 8.63. The number of hydrogen-bond acceptors (Lipinski definition) is 6. The van der Waals surface area contributed by atoms with E-state index in [0.29, 0.717) is 18.1 Å². The van der Waals surface area contributed by atoms with Crippen molar-refractivity contribution in [3.63, 3.8) is 0 Å². The lowest BCUT2D eigenvalue weighted by Crippen LogP contribution is -2.50. The zero-order valence-electron chi connectivity index (χ0n) is 13.2. The maximum Gasteiger partial charge on any atom is 0.272 e. The van der Waals surface area contributed by atoms with Crippen molar-refractivity contribution in [3.8, 4) is 0 Å². The Morgan fingerprint density at radius 2 is 2.21 bits per heavy atom. The number of nitrogens with zero attached hydrogens (tertiary/aromatic N) is 2. The van der Waals surface area contributed by atoms with Gasteiger partial charge in [-0.05, 0) is 6.92 Å². The van der Waals surface area contributed by atoms with E-state index in [1.54, 1.807) is 13.0 Å². The first-order chi connectivity index (χ1) is 11.6. The van der Waals surface area contributed by atoms with Gasteiger partial charge in [-0.15, -0.1) is 0 Å². The Balaban J connectivity index is 2.05. The Bertz CT molecular complexity index is 623. The van der Waals surface area contributed by atoms with E-state index in [0.717, 1.165) is 0 Å². The van der Waals surface area contributed by atoms with Gasteiger partial charge >= 0.3 is 0 Å². The molecular weight excluding hydrogens is 330 g/mol. The van der Waals surface area contributed by atoms with Gasteiger partial charge in [0.1, 0.15) is 11.7 Å². The summed E-state index contributed by atoms with van der Waals surface area (Å²) < 4.78 is 0. The Labute approximate surface area is 143 Å². The second-order valence-corrected chi connectivity index (χ2v) is 6.29.